The standard InChI is InChI=1S/C15H22N2S/c1-4-15(5-2)10-16-14(18-11-15)17-13-8-6-12(3)7-9-13/h6-9H,4-5,10-11H2,1-3H3,(H,16,17). The van der Waals surface area contributed by atoms with E-state index >= 15 is 0 Å². The fraction of sp³-hybridized carbons (Fsp3) is 0.533. The molecule has 1 aromatic rings. The lowest BCUT2D eigenvalue weighted by Gasteiger charge is -2.33. The Balaban J connectivity index is 2.00. The summed E-state index contributed by atoms with van der Waals surface area (Å²) in [6.45, 7) is 7.62. The number of hydrogen-bond acceptors (Lipinski definition) is 3. The summed E-state index contributed by atoms with van der Waals surface area (Å²) in [4.78, 5) is 4.71. The summed E-state index contributed by atoms with van der Waals surface area (Å²) in [5.41, 5.74) is 2.84. The van der Waals surface area contributed by atoms with Crippen LogP contribution in [0.2, 0.25) is 0 Å². The fourth-order valence-corrected chi connectivity index (χ4v) is 3.35. The molecule has 1 N–H and O–H groups in total. The minimum Gasteiger partial charge on any atom is -0.335 e. The topological polar surface area (TPSA) is 24.4 Å². The smallest absolute Gasteiger partial charge is 0.161 e. The zero-order chi connectivity index (χ0) is 13.0. The molecule has 0 spiro atoms. The molecule has 98 valence electrons. The molecule has 3 heteroatoms. The van der Waals surface area contributed by atoms with E-state index in [2.05, 4.69) is 50.4 Å². The third-order valence-corrected chi connectivity index (χ3v) is 5.14. The maximum Gasteiger partial charge on any atom is 0.161 e. The number of aliphatic imine (C=N–C) groups is 1. The summed E-state index contributed by atoms with van der Waals surface area (Å²) in [6.07, 6.45) is 2.44. The van der Waals surface area contributed by atoms with Crippen molar-refractivity contribution < 1.29 is 0 Å². The number of aryl methyl sites for hydroxylation is 1. The minimum absolute atomic E-state index is 0.420. The highest BCUT2D eigenvalue weighted by molar-refractivity contribution is 8.14. The number of nitrogens with one attached hydrogen (secondary N) is 1. The van der Waals surface area contributed by atoms with Gasteiger partial charge in [-0.15, -0.1) is 0 Å². The van der Waals surface area contributed by atoms with Crippen LogP contribution in [-0.2, 0) is 0 Å². The Morgan fingerprint density at radius 3 is 2.39 bits per heavy atom. The lowest BCUT2D eigenvalue weighted by atomic mass is 9.84. The average Bonchev–Trinajstić information content (AvgIpc) is 2.43. The van der Waals surface area contributed by atoms with Gasteiger partial charge in [0.15, 0.2) is 5.17 Å². The number of anilines is 1. The number of benzene rings is 1. The van der Waals surface area contributed by atoms with E-state index in [1.807, 2.05) is 11.8 Å². The highest BCUT2D eigenvalue weighted by Crippen LogP contribution is 2.35. The molecule has 2 rings (SSSR count). The van der Waals surface area contributed by atoms with Crippen LogP contribution in [0.1, 0.15) is 32.3 Å². The molecule has 0 amide bonds. The molecule has 2 nitrogen and oxygen atoms in total. The van der Waals surface area contributed by atoms with Gasteiger partial charge in [-0.05, 0) is 37.3 Å². The lowest BCUT2D eigenvalue weighted by Crippen LogP contribution is -2.32. The molecule has 1 aliphatic rings. The molecule has 0 fully saturated rings. The zero-order valence-electron chi connectivity index (χ0n) is 11.5. The van der Waals surface area contributed by atoms with Crippen LogP contribution in [0.4, 0.5) is 5.69 Å². The molecule has 0 saturated carbocycles. The fourth-order valence-electron chi connectivity index (χ4n) is 2.07. The Hall–Kier alpha value is -0.960. The number of rotatable bonds is 3. The Morgan fingerprint density at radius 1 is 1.22 bits per heavy atom. The van der Waals surface area contributed by atoms with Gasteiger partial charge in [0.25, 0.3) is 0 Å². The summed E-state index contributed by atoms with van der Waals surface area (Å²) in [5.74, 6) is 1.18. The third kappa shape index (κ3) is 3.08. The largest absolute Gasteiger partial charge is 0.335 e. The lowest BCUT2D eigenvalue weighted by molar-refractivity contribution is 0.318. The Labute approximate surface area is 114 Å². The highest BCUT2D eigenvalue weighted by atomic mass is 32.2. The summed E-state index contributed by atoms with van der Waals surface area (Å²) < 4.78 is 0. The first-order valence-corrected chi connectivity index (χ1v) is 7.67. The van der Waals surface area contributed by atoms with Gasteiger partial charge in [-0.25, -0.2) is 0 Å². The van der Waals surface area contributed by atoms with Crippen LogP contribution in [0, 0.1) is 12.3 Å². The van der Waals surface area contributed by atoms with E-state index in [-0.39, 0.29) is 0 Å². The Bertz CT molecular complexity index is 419. The molecule has 1 heterocycles. The molecule has 0 atom stereocenters. The van der Waals surface area contributed by atoms with E-state index in [0.717, 1.165) is 17.4 Å². The van der Waals surface area contributed by atoms with Crippen LogP contribution in [0.5, 0.6) is 0 Å². The van der Waals surface area contributed by atoms with Gasteiger partial charge in [0.1, 0.15) is 0 Å². The van der Waals surface area contributed by atoms with Gasteiger partial charge in [0, 0.05) is 18.0 Å². The van der Waals surface area contributed by atoms with Gasteiger partial charge < -0.3 is 5.32 Å². The zero-order valence-corrected chi connectivity index (χ0v) is 12.3. The van der Waals surface area contributed by atoms with Crippen molar-refractivity contribution in [3.8, 4) is 0 Å². The predicted molar refractivity (Wildman–Crippen MR) is 82.6 cm³/mol. The van der Waals surface area contributed by atoms with E-state index in [1.165, 1.54) is 24.2 Å². The van der Waals surface area contributed by atoms with E-state index in [0.29, 0.717) is 5.41 Å². The summed E-state index contributed by atoms with van der Waals surface area (Å²) in [5, 5.41) is 4.47. The molecular weight excluding hydrogens is 240 g/mol. The molecule has 0 saturated heterocycles. The van der Waals surface area contributed by atoms with Gasteiger partial charge in [-0.1, -0.05) is 43.3 Å². The maximum atomic E-state index is 4.71. The van der Waals surface area contributed by atoms with Crippen molar-refractivity contribution in [3.63, 3.8) is 0 Å². The molecule has 0 unspecified atom stereocenters. The van der Waals surface area contributed by atoms with Gasteiger partial charge in [-0.2, -0.15) is 0 Å². The molecule has 0 radical (unpaired) electrons. The van der Waals surface area contributed by atoms with Crippen molar-refractivity contribution in [1.82, 2.24) is 0 Å². The maximum absolute atomic E-state index is 4.71. The van der Waals surface area contributed by atoms with Gasteiger partial charge in [0.05, 0.1) is 0 Å². The van der Waals surface area contributed by atoms with Crippen molar-refractivity contribution in [3.05, 3.63) is 29.8 Å². The Kier molecular flexibility index (Phi) is 4.33. The third-order valence-electron chi connectivity index (χ3n) is 3.88. The van der Waals surface area contributed by atoms with E-state index in [1.54, 1.807) is 0 Å². The molecule has 18 heavy (non-hydrogen) atoms. The average molecular weight is 262 g/mol. The Morgan fingerprint density at radius 2 is 1.89 bits per heavy atom. The van der Waals surface area contributed by atoms with E-state index in [9.17, 15) is 0 Å². The highest BCUT2D eigenvalue weighted by Gasteiger charge is 2.30. The monoisotopic (exact) mass is 262 g/mol. The van der Waals surface area contributed by atoms with Crippen LogP contribution in [0.15, 0.2) is 29.3 Å². The minimum atomic E-state index is 0.420. The molecule has 0 bridgehead atoms. The van der Waals surface area contributed by atoms with Gasteiger partial charge in [-0.3, -0.25) is 4.99 Å². The van der Waals surface area contributed by atoms with Crippen LogP contribution in [0.3, 0.4) is 0 Å². The second-order valence-electron chi connectivity index (χ2n) is 5.11. The van der Waals surface area contributed by atoms with Crippen LogP contribution < -0.4 is 5.32 Å². The van der Waals surface area contributed by atoms with Crippen molar-refractivity contribution in [2.75, 3.05) is 17.6 Å². The summed E-state index contributed by atoms with van der Waals surface area (Å²) >= 11 is 1.86. The second-order valence-corrected chi connectivity index (χ2v) is 6.07. The van der Waals surface area contributed by atoms with Crippen LogP contribution >= 0.6 is 11.8 Å². The quantitative estimate of drug-likeness (QED) is 0.877. The summed E-state index contributed by atoms with van der Waals surface area (Å²) in [7, 11) is 0. The summed E-state index contributed by atoms with van der Waals surface area (Å²) in [6, 6.07) is 8.47. The number of amidine groups is 1. The second kappa shape index (κ2) is 5.79. The van der Waals surface area contributed by atoms with E-state index in [4.69, 9.17) is 4.99 Å². The molecule has 0 aliphatic carbocycles. The van der Waals surface area contributed by atoms with Crippen molar-refractivity contribution >= 4 is 22.6 Å². The first-order chi connectivity index (χ1) is 8.67. The van der Waals surface area contributed by atoms with Crippen LogP contribution in [-0.4, -0.2) is 17.5 Å². The number of thioether (sulfide) groups is 1. The van der Waals surface area contributed by atoms with E-state index < -0.39 is 0 Å². The van der Waals surface area contributed by atoms with Gasteiger partial charge >= 0.3 is 0 Å². The molecule has 1 aliphatic heterocycles. The van der Waals surface area contributed by atoms with Crippen molar-refractivity contribution in [1.29, 1.82) is 0 Å². The van der Waals surface area contributed by atoms with Crippen molar-refractivity contribution in [2.45, 2.75) is 33.6 Å². The van der Waals surface area contributed by atoms with Crippen LogP contribution in [0.25, 0.3) is 0 Å². The number of hydrogen-bond donors (Lipinski definition) is 1. The molecule has 0 aromatic heterocycles. The predicted octanol–water partition coefficient (Wildman–Crippen LogP) is 4.32. The first kappa shape index (κ1) is 13.5. The SMILES string of the molecule is CCC1(CC)CN=C(Nc2ccc(C)cc2)SC1. The first-order valence-electron chi connectivity index (χ1n) is 6.68. The van der Waals surface area contributed by atoms with Gasteiger partial charge in [0.2, 0.25) is 0 Å². The van der Waals surface area contributed by atoms with Crippen molar-refractivity contribution in [2.24, 2.45) is 10.4 Å². The molecule has 1 aromatic carbocycles. The normalized spacial score (nSPS) is 18.3. The molecular formula is C15H22N2S. The number of nitrogens with zero attached hydrogens (tertiary/aromatic N) is 1.